The molecule has 1 saturated carbocycles. The van der Waals surface area contributed by atoms with Crippen molar-refractivity contribution in [2.75, 3.05) is 14.1 Å². The van der Waals surface area contributed by atoms with Crippen LogP contribution in [-0.4, -0.2) is 35.0 Å². The van der Waals surface area contributed by atoms with E-state index < -0.39 is 0 Å². The topological polar surface area (TPSA) is 49.0 Å². The number of aromatic amines is 1. The lowest BCUT2D eigenvalue weighted by Gasteiger charge is -2.09. The number of ketones is 1. The van der Waals surface area contributed by atoms with Gasteiger partial charge in [-0.15, -0.1) is 0 Å². The molecule has 0 radical (unpaired) electrons. The highest BCUT2D eigenvalue weighted by Crippen LogP contribution is 2.32. The third kappa shape index (κ3) is 9.96. The van der Waals surface area contributed by atoms with Crippen LogP contribution in [-0.2, 0) is 17.8 Å². The Balaban J connectivity index is 0.000000202. The molecule has 0 atom stereocenters. The summed E-state index contributed by atoms with van der Waals surface area (Å²) in [4.78, 5) is 13.1. The number of nitrogens with zero attached hydrogens (tertiary/aromatic N) is 2. The first-order valence-corrected chi connectivity index (χ1v) is 14.1. The van der Waals surface area contributed by atoms with Crippen LogP contribution in [0, 0.1) is 25.7 Å². The minimum Gasteiger partial charge on any atom is -0.305 e. The Morgan fingerprint density at radius 1 is 0.923 bits per heavy atom. The van der Waals surface area contributed by atoms with Crippen molar-refractivity contribution in [1.82, 2.24) is 15.1 Å². The van der Waals surface area contributed by atoms with Gasteiger partial charge in [0.05, 0.1) is 11.2 Å². The number of fused-ring (bicyclic) bond motifs is 1. The molecule has 4 nitrogen and oxygen atoms in total. The molecule has 206 valence electrons. The predicted molar refractivity (Wildman–Crippen MR) is 167 cm³/mol. The predicted octanol–water partition coefficient (Wildman–Crippen LogP) is 8.28. The maximum atomic E-state index is 10.9. The van der Waals surface area contributed by atoms with Gasteiger partial charge < -0.3 is 4.90 Å². The van der Waals surface area contributed by atoms with Crippen LogP contribution in [0.3, 0.4) is 0 Å². The SMILES string of the molecule is CC(C)C(=O)C1CC1.CCc1ccc(C)cc1.Cc1ccc2c(/C=C/c3ccc(CN(C)C)cc3)n[nH]c2c1. The van der Waals surface area contributed by atoms with Crippen LogP contribution in [0.15, 0.2) is 66.7 Å². The summed E-state index contributed by atoms with van der Waals surface area (Å²) in [6, 6.07) is 23.7. The second-order valence-electron chi connectivity index (χ2n) is 11.1. The zero-order valence-electron chi connectivity index (χ0n) is 24.8. The first kappa shape index (κ1) is 30.0. The van der Waals surface area contributed by atoms with Crippen molar-refractivity contribution in [2.45, 2.75) is 60.4 Å². The molecule has 3 aromatic carbocycles. The molecule has 1 aliphatic carbocycles. The van der Waals surface area contributed by atoms with Crippen LogP contribution in [0.2, 0.25) is 0 Å². The number of H-pyrrole nitrogens is 1. The summed E-state index contributed by atoms with van der Waals surface area (Å²) in [5, 5.41) is 8.64. The van der Waals surface area contributed by atoms with Gasteiger partial charge in [0.25, 0.3) is 0 Å². The molecule has 4 aromatic rings. The van der Waals surface area contributed by atoms with Gasteiger partial charge in [0.2, 0.25) is 0 Å². The average Bonchev–Trinajstić information content (AvgIpc) is 3.69. The molecule has 0 saturated heterocycles. The van der Waals surface area contributed by atoms with Crippen molar-refractivity contribution < 1.29 is 4.79 Å². The number of aromatic nitrogens is 2. The zero-order chi connectivity index (χ0) is 28.4. The van der Waals surface area contributed by atoms with E-state index in [9.17, 15) is 4.79 Å². The molecule has 1 heterocycles. The molecule has 0 unspecified atom stereocenters. The van der Waals surface area contributed by atoms with E-state index in [4.69, 9.17) is 0 Å². The molecule has 1 aromatic heterocycles. The van der Waals surface area contributed by atoms with Crippen LogP contribution >= 0.6 is 0 Å². The van der Waals surface area contributed by atoms with Gasteiger partial charge in [-0.05, 0) is 81.6 Å². The van der Waals surface area contributed by atoms with Crippen molar-refractivity contribution >= 4 is 28.8 Å². The Kier molecular flexibility index (Phi) is 11.2. The number of Topliss-reactive ketones (excluding diaryl/α,β-unsaturated/α-hetero) is 1. The molecule has 1 N–H and O–H groups in total. The summed E-state index contributed by atoms with van der Waals surface area (Å²) in [5.41, 5.74) is 8.57. The normalized spacial score (nSPS) is 12.8. The number of aryl methyl sites for hydroxylation is 3. The monoisotopic (exact) mass is 523 g/mol. The third-order valence-electron chi connectivity index (χ3n) is 6.74. The van der Waals surface area contributed by atoms with E-state index in [2.05, 4.69) is 129 Å². The van der Waals surface area contributed by atoms with E-state index in [1.165, 1.54) is 27.8 Å². The zero-order valence-corrected chi connectivity index (χ0v) is 24.8. The van der Waals surface area contributed by atoms with E-state index >= 15 is 0 Å². The van der Waals surface area contributed by atoms with Gasteiger partial charge in [-0.1, -0.05) is 93.1 Å². The van der Waals surface area contributed by atoms with Gasteiger partial charge in [-0.25, -0.2) is 0 Å². The van der Waals surface area contributed by atoms with Gasteiger partial charge in [0, 0.05) is 23.8 Å². The van der Waals surface area contributed by atoms with Gasteiger partial charge >= 0.3 is 0 Å². The Labute approximate surface area is 235 Å². The minimum atomic E-state index is 0.266. The van der Waals surface area contributed by atoms with Crippen LogP contribution in [0.25, 0.3) is 23.1 Å². The molecule has 0 bridgehead atoms. The molecular weight excluding hydrogens is 478 g/mol. The Bertz CT molecular complexity index is 1340. The standard InChI is InChI=1S/C19H21N3.C9H12.C7H12O/c1-14-4-10-17-18(20-21-19(17)12-14)11-9-15-5-7-16(8-6-15)13-22(2)3;1-3-9-6-4-8(2)5-7-9;1-5(2)7(8)6-3-4-6/h4-12H,13H2,1-3H3,(H,20,21);4-7H,3H2,1-2H3;5-6H,3-4H2,1-2H3/b11-9+;;. The summed E-state index contributed by atoms with van der Waals surface area (Å²) in [7, 11) is 4.16. The van der Waals surface area contributed by atoms with Gasteiger partial charge in [-0.3, -0.25) is 9.89 Å². The number of hydrogen-bond donors (Lipinski definition) is 1. The highest BCUT2D eigenvalue weighted by molar-refractivity contribution is 5.89. The molecule has 39 heavy (non-hydrogen) atoms. The Morgan fingerprint density at radius 2 is 1.54 bits per heavy atom. The first-order valence-electron chi connectivity index (χ1n) is 14.1. The second kappa shape index (κ2) is 14.6. The van der Waals surface area contributed by atoms with E-state index in [-0.39, 0.29) is 5.92 Å². The molecular formula is C35H45N3O. The summed E-state index contributed by atoms with van der Waals surface area (Å²) in [5.74, 6) is 1.18. The van der Waals surface area contributed by atoms with E-state index in [1.54, 1.807) is 0 Å². The van der Waals surface area contributed by atoms with E-state index in [1.807, 2.05) is 13.8 Å². The summed E-state index contributed by atoms with van der Waals surface area (Å²) in [6.45, 7) is 11.3. The van der Waals surface area contributed by atoms with Gasteiger partial charge in [0.15, 0.2) is 0 Å². The Morgan fingerprint density at radius 3 is 2.08 bits per heavy atom. The van der Waals surface area contributed by atoms with Crippen molar-refractivity contribution in [3.05, 3.63) is 100 Å². The second-order valence-corrected chi connectivity index (χ2v) is 11.1. The van der Waals surface area contributed by atoms with E-state index in [0.717, 1.165) is 42.4 Å². The van der Waals surface area contributed by atoms with Crippen molar-refractivity contribution in [3.8, 4) is 0 Å². The average molecular weight is 524 g/mol. The van der Waals surface area contributed by atoms with Crippen molar-refractivity contribution in [1.29, 1.82) is 0 Å². The molecule has 0 aliphatic heterocycles. The molecule has 5 rings (SSSR count). The summed E-state index contributed by atoms with van der Waals surface area (Å²) >= 11 is 0. The molecule has 4 heteroatoms. The lowest BCUT2D eigenvalue weighted by Crippen LogP contribution is -2.10. The van der Waals surface area contributed by atoms with Crippen LogP contribution in [0.1, 0.15) is 67.1 Å². The lowest BCUT2D eigenvalue weighted by atomic mass is 10.1. The maximum absolute atomic E-state index is 10.9. The number of nitrogens with one attached hydrogen (secondary N) is 1. The number of carbonyl (C=O) groups excluding carboxylic acids is 1. The fourth-order valence-corrected chi connectivity index (χ4v) is 4.22. The highest BCUT2D eigenvalue weighted by Gasteiger charge is 2.30. The van der Waals surface area contributed by atoms with Crippen LogP contribution < -0.4 is 0 Å². The van der Waals surface area contributed by atoms with E-state index in [0.29, 0.717) is 11.7 Å². The summed E-state index contributed by atoms with van der Waals surface area (Å²) in [6.07, 6.45) is 7.61. The molecule has 1 fully saturated rings. The molecule has 1 aliphatic rings. The largest absolute Gasteiger partial charge is 0.305 e. The molecule has 0 spiro atoms. The highest BCUT2D eigenvalue weighted by atomic mass is 16.1. The molecule has 0 amide bonds. The smallest absolute Gasteiger partial charge is 0.138 e. The number of rotatable bonds is 7. The van der Waals surface area contributed by atoms with Gasteiger partial charge in [0.1, 0.15) is 5.78 Å². The lowest BCUT2D eigenvalue weighted by molar-refractivity contribution is -0.123. The number of benzene rings is 3. The fraction of sp³-hybridized carbons (Fsp3) is 0.371. The van der Waals surface area contributed by atoms with Crippen LogP contribution in [0.4, 0.5) is 0 Å². The summed E-state index contributed by atoms with van der Waals surface area (Å²) < 4.78 is 0. The van der Waals surface area contributed by atoms with Gasteiger partial charge in [-0.2, -0.15) is 5.10 Å². The first-order chi connectivity index (χ1) is 18.7. The van der Waals surface area contributed by atoms with Crippen molar-refractivity contribution in [2.24, 2.45) is 11.8 Å². The number of hydrogen-bond acceptors (Lipinski definition) is 3. The third-order valence-corrected chi connectivity index (χ3v) is 6.74. The maximum Gasteiger partial charge on any atom is 0.138 e. The van der Waals surface area contributed by atoms with Crippen LogP contribution in [0.5, 0.6) is 0 Å². The quantitative estimate of drug-likeness (QED) is 0.265. The minimum absolute atomic E-state index is 0.266. The fourth-order valence-electron chi connectivity index (χ4n) is 4.22. The van der Waals surface area contributed by atoms with Crippen molar-refractivity contribution in [3.63, 3.8) is 0 Å². The number of carbonyl (C=O) groups is 1. The Hall–Kier alpha value is -3.50.